The zero-order valence-corrected chi connectivity index (χ0v) is 34.1. The molecule has 12 rings (SSSR count). The second kappa shape index (κ2) is 15.2. The van der Waals surface area contributed by atoms with Crippen molar-refractivity contribution in [2.45, 2.75) is 0 Å². The Hall–Kier alpha value is -8.54. The quantitative estimate of drug-likeness (QED) is 0.151. The molecule has 0 bridgehead atoms. The van der Waals surface area contributed by atoms with Crippen molar-refractivity contribution >= 4 is 43.5 Å². The summed E-state index contributed by atoms with van der Waals surface area (Å²) in [6.45, 7) is 0. The van der Waals surface area contributed by atoms with Crippen molar-refractivity contribution in [2.75, 3.05) is 0 Å². The van der Waals surface area contributed by atoms with Crippen LogP contribution in [0.15, 0.2) is 224 Å². The van der Waals surface area contributed by atoms with Crippen LogP contribution in [0.5, 0.6) is 0 Å². The van der Waals surface area contributed by atoms with Crippen molar-refractivity contribution in [3.8, 4) is 73.4 Å². The molecule has 0 aliphatic rings. The lowest BCUT2D eigenvalue weighted by Crippen LogP contribution is -2.00. The Morgan fingerprint density at radius 1 is 0.254 bits per heavy atom. The summed E-state index contributed by atoms with van der Waals surface area (Å²) in [5.74, 6) is 1.89. The molecule has 0 unspecified atom stereocenters. The van der Waals surface area contributed by atoms with Crippen LogP contribution in [0.1, 0.15) is 0 Å². The highest BCUT2D eigenvalue weighted by molar-refractivity contribution is 6.20. The molecule has 0 N–H and O–H groups in total. The van der Waals surface area contributed by atoms with E-state index in [9.17, 15) is 0 Å². The molecule has 9 aromatic carbocycles. The van der Waals surface area contributed by atoms with E-state index >= 15 is 0 Å². The highest BCUT2D eigenvalue weighted by atomic mass is 15.0. The maximum absolute atomic E-state index is 5.26. The minimum Gasteiger partial charge on any atom is -0.309 e. The molecule has 0 fully saturated rings. The molecule has 0 aliphatic carbocycles. The first-order chi connectivity index (χ1) is 31.2. The molecule has 0 saturated heterocycles. The largest absolute Gasteiger partial charge is 0.309 e. The van der Waals surface area contributed by atoms with E-state index in [1.165, 1.54) is 16.2 Å². The van der Waals surface area contributed by atoms with Crippen molar-refractivity contribution in [2.24, 2.45) is 0 Å². The predicted octanol–water partition coefficient (Wildman–Crippen LogP) is 14.7. The average Bonchev–Trinajstić information content (AvgIpc) is 3.69. The van der Waals surface area contributed by atoms with Crippen LogP contribution in [0.3, 0.4) is 0 Å². The average molecular weight is 804 g/mol. The monoisotopic (exact) mass is 803 g/mol. The third kappa shape index (κ3) is 6.51. The van der Waals surface area contributed by atoms with Crippen molar-refractivity contribution in [1.82, 2.24) is 24.5 Å². The van der Waals surface area contributed by atoms with E-state index in [4.69, 9.17) is 19.9 Å². The Labute approximate surface area is 364 Å². The van der Waals surface area contributed by atoms with E-state index in [0.29, 0.717) is 17.5 Å². The Kier molecular flexibility index (Phi) is 8.75. The topological polar surface area (TPSA) is 56.5 Å². The first-order valence-corrected chi connectivity index (χ1v) is 21.2. The van der Waals surface area contributed by atoms with Crippen molar-refractivity contribution in [3.63, 3.8) is 0 Å². The van der Waals surface area contributed by atoms with Gasteiger partial charge in [-0.3, -0.25) is 0 Å². The maximum Gasteiger partial charge on any atom is 0.164 e. The van der Waals surface area contributed by atoms with Crippen LogP contribution in [0.2, 0.25) is 0 Å². The van der Waals surface area contributed by atoms with Gasteiger partial charge in [0.25, 0.3) is 0 Å². The van der Waals surface area contributed by atoms with Gasteiger partial charge in [-0.25, -0.2) is 19.9 Å². The molecule has 5 heteroatoms. The van der Waals surface area contributed by atoms with Crippen LogP contribution in [0, 0.1) is 0 Å². The molecular weight excluding hydrogens is 767 g/mol. The molecule has 0 amide bonds. The summed E-state index contributed by atoms with van der Waals surface area (Å²) in [5.41, 5.74) is 13.8. The summed E-state index contributed by atoms with van der Waals surface area (Å²) in [4.78, 5) is 20.4. The fourth-order valence-corrected chi connectivity index (χ4v) is 8.95. The van der Waals surface area contributed by atoms with E-state index in [2.05, 4.69) is 193 Å². The van der Waals surface area contributed by atoms with E-state index in [-0.39, 0.29) is 0 Å². The third-order valence-corrected chi connectivity index (χ3v) is 12.0. The second-order valence-electron chi connectivity index (χ2n) is 15.9. The maximum atomic E-state index is 5.26. The zero-order valence-electron chi connectivity index (χ0n) is 34.1. The molecule has 12 aromatic rings. The van der Waals surface area contributed by atoms with Crippen LogP contribution in [0.25, 0.3) is 117 Å². The van der Waals surface area contributed by atoms with E-state index in [1.807, 2.05) is 36.4 Å². The third-order valence-electron chi connectivity index (χ3n) is 12.0. The minimum absolute atomic E-state index is 0.624. The first-order valence-electron chi connectivity index (χ1n) is 21.2. The fraction of sp³-hybridized carbons (Fsp3) is 0. The van der Waals surface area contributed by atoms with Gasteiger partial charge in [0.1, 0.15) is 0 Å². The number of hydrogen-bond donors (Lipinski definition) is 0. The summed E-state index contributed by atoms with van der Waals surface area (Å²) >= 11 is 0. The predicted molar refractivity (Wildman–Crippen MR) is 260 cm³/mol. The Morgan fingerprint density at radius 3 is 1.46 bits per heavy atom. The number of fused-ring (bicyclic) bond motifs is 6. The number of rotatable bonds is 7. The van der Waals surface area contributed by atoms with Crippen molar-refractivity contribution in [3.05, 3.63) is 224 Å². The highest BCUT2D eigenvalue weighted by Crippen LogP contribution is 2.41. The summed E-state index contributed by atoms with van der Waals surface area (Å²) in [6.07, 6.45) is 0. The Morgan fingerprint density at radius 2 is 0.746 bits per heavy atom. The molecule has 3 aromatic heterocycles. The molecule has 0 spiro atoms. The van der Waals surface area contributed by atoms with Gasteiger partial charge < -0.3 is 4.57 Å². The van der Waals surface area contributed by atoms with Gasteiger partial charge >= 0.3 is 0 Å². The number of hydrogen-bond acceptors (Lipinski definition) is 4. The SMILES string of the molecule is c1ccc(-c2cccc(-c3nc(-c4ccccc4)nc(-c4ccc(-c5ccc6c(c5)c5cc7c(-c8ccccc8)nc8ccccc8c7cc5n6-c5ccccc5)cc4)n3)c2)cc1. The summed E-state index contributed by atoms with van der Waals surface area (Å²) < 4.78 is 2.40. The Balaban J connectivity index is 0.998. The van der Waals surface area contributed by atoms with Crippen molar-refractivity contribution in [1.29, 1.82) is 0 Å². The minimum atomic E-state index is 0.624. The first kappa shape index (κ1) is 36.3. The molecule has 0 aliphatic heterocycles. The Bertz CT molecular complexity index is 3640. The summed E-state index contributed by atoms with van der Waals surface area (Å²) in [5, 5.41) is 5.81. The number of nitrogens with zero attached hydrogens (tertiary/aromatic N) is 5. The molecule has 5 nitrogen and oxygen atoms in total. The number of benzene rings is 9. The highest BCUT2D eigenvalue weighted by Gasteiger charge is 2.19. The van der Waals surface area contributed by atoms with E-state index < -0.39 is 0 Å². The normalized spacial score (nSPS) is 11.5. The lowest BCUT2D eigenvalue weighted by Gasteiger charge is -2.12. The lowest BCUT2D eigenvalue weighted by atomic mass is 9.97. The molecule has 3 heterocycles. The van der Waals surface area contributed by atoms with Gasteiger partial charge in [0.2, 0.25) is 0 Å². The van der Waals surface area contributed by atoms with Crippen LogP contribution in [-0.2, 0) is 0 Å². The molecular formula is C58H37N5. The smallest absolute Gasteiger partial charge is 0.164 e. The van der Waals surface area contributed by atoms with Gasteiger partial charge in [0.15, 0.2) is 17.5 Å². The molecule has 294 valence electrons. The molecule has 0 radical (unpaired) electrons. The summed E-state index contributed by atoms with van der Waals surface area (Å²) in [7, 11) is 0. The molecule has 63 heavy (non-hydrogen) atoms. The second-order valence-corrected chi connectivity index (χ2v) is 15.9. The summed E-state index contributed by atoms with van der Waals surface area (Å²) in [6, 6.07) is 78.8. The van der Waals surface area contributed by atoms with Crippen molar-refractivity contribution < 1.29 is 0 Å². The van der Waals surface area contributed by atoms with E-state index in [0.717, 1.165) is 83.2 Å². The standard InChI is InChI=1S/C58H37N5/c1-5-16-38(17-6-1)43-22-15-23-45(34-43)58-61-56(41-20-9-3-10-21-41)60-57(62-58)42-30-28-39(29-31-42)44-32-33-53-49(35-44)50-36-51-48(37-54(50)63(53)46-24-11-4-12-25-46)47-26-13-14-27-52(47)59-55(51)40-18-7-2-8-19-40/h1-37H. The van der Waals surface area contributed by atoms with Gasteiger partial charge in [0.05, 0.1) is 22.2 Å². The van der Waals surface area contributed by atoms with Gasteiger partial charge in [-0.05, 0) is 76.2 Å². The number of para-hydroxylation sites is 2. The lowest BCUT2D eigenvalue weighted by molar-refractivity contribution is 1.07. The van der Waals surface area contributed by atoms with E-state index in [1.54, 1.807) is 0 Å². The van der Waals surface area contributed by atoms with Crippen LogP contribution < -0.4 is 0 Å². The number of aromatic nitrogens is 5. The van der Waals surface area contributed by atoms with Gasteiger partial charge in [0, 0.05) is 49.5 Å². The fourth-order valence-electron chi connectivity index (χ4n) is 8.95. The van der Waals surface area contributed by atoms with Crippen LogP contribution >= 0.6 is 0 Å². The van der Waals surface area contributed by atoms with Crippen LogP contribution in [0.4, 0.5) is 0 Å². The molecule has 0 atom stereocenters. The van der Waals surface area contributed by atoms with Crippen LogP contribution in [-0.4, -0.2) is 24.5 Å². The molecule has 0 saturated carbocycles. The zero-order chi connectivity index (χ0) is 41.7. The van der Waals surface area contributed by atoms with Gasteiger partial charge in [-0.15, -0.1) is 0 Å². The van der Waals surface area contributed by atoms with Gasteiger partial charge in [-0.2, -0.15) is 0 Å². The number of pyridine rings is 1. The van der Waals surface area contributed by atoms with Gasteiger partial charge in [-0.1, -0.05) is 176 Å².